The third kappa shape index (κ3) is 6.60. The van der Waals surface area contributed by atoms with Gasteiger partial charge in [0.1, 0.15) is 5.82 Å². The lowest BCUT2D eigenvalue weighted by Crippen LogP contribution is -2.42. The second-order valence-electron chi connectivity index (χ2n) is 9.83. The van der Waals surface area contributed by atoms with Gasteiger partial charge in [0, 0.05) is 37.3 Å². The highest BCUT2D eigenvalue weighted by atomic mass is 32.1. The van der Waals surface area contributed by atoms with E-state index in [2.05, 4.69) is 54.1 Å². The van der Waals surface area contributed by atoms with Crippen LogP contribution in [0.1, 0.15) is 56.6 Å². The number of nitrogens with one attached hydrogen (secondary N) is 3. The van der Waals surface area contributed by atoms with Crippen LogP contribution in [0.5, 0.6) is 0 Å². The van der Waals surface area contributed by atoms with Crippen molar-refractivity contribution in [3.8, 4) is 0 Å². The van der Waals surface area contributed by atoms with Crippen LogP contribution in [0.2, 0.25) is 0 Å². The fraction of sp³-hybridized carbons (Fsp3) is 0.464. The highest BCUT2D eigenvalue weighted by Gasteiger charge is 2.23. The molecule has 0 atom stereocenters. The van der Waals surface area contributed by atoms with Gasteiger partial charge in [0.15, 0.2) is 5.11 Å². The number of aryl methyl sites for hydroxylation is 2. The summed E-state index contributed by atoms with van der Waals surface area (Å²) < 4.78 is 0. The second-order valence-corrected chi connectivity index (χ2v) is 10.2. The normalized spacial score (nSPS) is 17.7. The first kappa shape index (κ1) is 25.2. The van der Waals surface area contributed by atoms with Gasteiger partial charge in [0.2, 0.25) is 5.95 Å². The molecule has 0 amide bonds. The Hall–Kier alpha value is -2.93. The minimum absolute atomic E-state index is 0.365. The summed E-state index contributed by atoms with van der Waals surface area (Å²) in [5.74, 6) is 1.65. The molecule has 3 N–H and O–H groups in total. The highest BCUT2D eigenvalue weighted by Crippen LogP contribution is 2.26. The largest absolute Gasteiger partial charge is 0.362 e. The molecule has 0 radical (unpaired) electrons. The summed E-state index contributed by atoms with van der Waals surface area (Å²) in [6, 6.07) is 15.6. The number of fused-ring (bicyclic) bond motifs is 1. The molecule has 0 unspecified atom stereocenters. The van der Waals surface area contributed by atoms with Crippen molar-refractivity contribution in [2.24, 2.45) is 0 Å². The van der Waals surface area contributed by atoms with E-state index in [0.717, 1.165) is 54.5 Å². The summed E-state index contributed by atoms with van der Waals surface area (Å²) in [7, 11) is 4.04. The van der Waals surface area contributed by atoms with Crippen LogP contribution in [0.25, 0.3) is 10.9 Å². The molecule has 0 saturated heterocycles. The van der Waals surface area contributed by atoms with Crippen LogP contribution in [0.15, 0.2) is 42.5 Å². The van der Waals surface area contributed by atoms with Gasteiger partial charge in [-0.25, -0.2) is 4.98 Å². The Morgan fingerprint density at radius 3 is 2.49 bits per heavy atom. The van der Waals surface area contributed by atoms with E-state index in [1.807, 2.05) is 37.2 Å². The number of unbranched alkanes of at least 4 members (excludes halogenated alkanes) is 1. The van der Waals surface area contributed by atoms with Crippen molar-refractivity contribution < 1.29 is 0 Å². The van der Waals surface area contributed by atoms with Gasteiger partial charge in [-0.05, 0) is 87.0 Å². The third-order valence-electron chi connectivity index (χ3n) is 6.76. The quantitative estimate of drug-likeness (QED) is 0.332. The summed E-state index contributed by atoms with van der Waals surface area (Å²) in [6.45, 7) is 4.38. The molecule has 4 rings (SSSR count). The maximum absolute atomic E-state index is 5.63. The van der Waals surface area contributed by atoms with Crippen LogP contribution in [-0.2, 0) is 6.42 Å². The predicted molar refractivity (Wildman–Crippen MR) is 153 cm³/mol. The zero-order valence-electron chi connectivity index (χ0n) is 21.4. The second kappa shape index (κ2) is 11.7. The van der Waals surface area contributed by atoms with E-state index in [9.17, 15) is 0 Å². The number of hydrogen-bond acceptors (Lipinski definition) is 5. The summed E-state index contributed by atoms with van der Waals surface area (Å²) in [4.78, 5) is 11.6. The minimum atomic E-state index is 0.365. The van der Waals surface area contributed by atoms with Crippen LogP contribution < -0.4 is 20.9 Å². The zero-order valence-corrected chi connectivity index (χ0v) is 22.2. The number of rotatable bonds is 8. The summed E-state index contributed by atoms with van der Waals surface area (Å²) >= 11 is 5.63. The molecule has 1 saturated carbocycles. The van der Waals surface area contributed by atoms with Crippen molar-refractivity contribution in [1.82, 2.24) is 15.3 Å². The lowest BCUT2D eigenvalue weighted by Gasteiger charge is -2.30. The molecular formula is C28H38N6S. The van der Waals surface area contributed by atoms with E-state index in [0.29, 0.717) is 23.1 Å². The van der Waals surface area contributed by atoms with Gasteiger partial charge in [-0.3, -0.25) is 0 Å². The molecule has 7 heteroatoms. The molecule has 0 aliphatic heterocycles. The number of thiocarbonyl (C=S) groups is 1. The van der Waals surface area contributed by atoms with Crippen molar-refractivity contribution in [1.29, 1.82) is 0 Å². The molecule has 1 fully saturated rings. The highest BCUT2D eigenvalue weighted by molar-refractivity contribution is 7.80. The molecular weight excluding hydrogens is 452 g/mol. The van der Waals surface area contributed by atoms with E-state index in [1.165, 1.54) is 24.0 Å². The molecule has 2 aromatic carbocycles. The van der Waals surface area contributed by atoms with Crippen LogP contribution >= 0.6 is 12.2 Å². The van der Waals surface area contributed by atoms with Crippen LogP contribution in [0, 0.1) is 6.92 Å². The topological polar surface area (TPSA) is 65.1 Å². The molecule has 1 aliphatic carbocycles. The Kier molecular flexibility index (Phi) is 8.39. The van der Waals surface area contributed by atoms with E-state index in [1.54, 1.807) is 0 Å². The predicted octanol–water partition coefficient (Wildman–Crippen LogP) is 6.06. The van der Waals surface area contributed by atoms with Crippen molar-refractivity contribution in [3.05, 3.63) is 53.6 Å². The molecule has 3 aromatic rings. The van der Waals surface area contributed by atoms with Crippen LogP contribution in [0.4, 0.5) is 17.5 Å². The fourth-order valence-electron chi connectivity index (χ4n) is 4.78. The van der Waals surface area contributed by atoms with Crippen LogP contribution in [-0.4, -0.2) is 41.3 Å². The SMILES string of the molecule is CCCCc1ccc(NC(=S)N[C@H]2CC[C@@H](Nc3nc(N(C)C)c4ccccc4n3)CC2)c(C)c1. The van der Waals surface area contributed by atoms with Crippen LogP contribution in [0.3, 0.4) is 0 Å². The lowest BCUT2D eigenvalue weighted by atomic mass is 9.91. The van der Waals surface area contributed by atoms with E-state index in [4.69, 9.17) is 22.2 Å². The van der Waals surface area contributed by atoms with Crippen molar-refractivity contribution in [2.45, 2.75) is 70.9 Å². The maximum atomic E-state index is 5.63. The van der Waals surface area contributed by atoms with E-state index < -0.39 is 0 Å². The Labute approximate surface area is 214 Å². The van der Waals surface area contributed by atoms with E-state index in [-0.39, 0.29) is 0 Å². The van der Waals surface area contributed by atoms with Gasteiger partial charge in [0.25, 0.3) is 0 Å². The lowest BCUT2D eigenvalue weighted by molar-refractivity contribution is 0.387. The molecule has 0 spiro atoms. The summed E-state index contributed by atoms with van der Waals surface area (Å²) in [6.07, 6.45) is 7.81. The van der Waals surface area contributed by atoms with Gasteiger partial charge >= 0.3 is 0 Å². The number of para-hydroxylation sites is 1. The molecule has 35 heavy (non-hydrogen) atoms. The smallest absolute Gasteiger partial charge is 0.225 e. The summed E-state index contributed by atoms with van der Waals surface area (Å²) in [5.41, 5.74) is 4.69. The number of aromatic nitrogens is 2. The van der Waals surface area contributed by atoms with Gasteiger partial charge in [-0.1, -0.05) is 37.6 Å². The Bertz CT molecular complexity index is 1150. The Balaban J connectivity index is 1.29. The van der Waals surface area contributed by atoms with Gasteiger partial charge in [-0.2, -0.15) is 4.98 Å². The van der Waals surface area contributed by atoms with Crippen molar-refractivity contribution in [3.63, 3.8) is 0 Å². The number of benzene rings is 2. The number of nitrogens with zero attached hydrogens (tertiary/aromatic N) is 3. The molecule has 1 aliphatic rings. The average molecular weight is 491 g/mol. The third-order valence-corrected chi connectivity index (χ3v) is 6.98. The Morgan fingerprint density at radius 2 is 1.77 bits per heavy atom. The summed E-state index contributed by atoms with van der Waals surface area (Å²) in [5, 5.41) is 12.3. The van der Waals surface area contributed by atoms with Gasteiger partial charge in [-0.15, -0.1) is 0 Å². The van der Waals surface area contributed by atoms with Gasteiger partial charge in [0.05, 0.1) is 5.52 Å². The first-order valence-electron chi connectivity index (χ1n) is 12.8. The molecule has 0 bridgehead atoms. The monoisotopic (exact) mass is 490 g/mol. The first-order chi connectivity index (χ1) is 16.9. The molecule has 1 aromatic heterocycles. The number of hydrogen-bond donors (Lipinski definition) is 3. The fourth-order valence-corrected chi connectivity index (χ4v) is 5.05. The van der Waals surface area contributed by atoms with Crippen molar-refractivity contribution in [2.75, 3.05) is 29.6 Å². The van der Waals surface area contributed by atoms with Gasteiger partial charge < -0.3 is 20.9 Å². The Morgan fingerprint density at radius 1 is 1.03 bits per heavy atom. The first-order valence-corrected chi connectivity index (χ1v) is 13.2. The molecule has 186 valence electrons. The standard InChI is InChI=1S/C28H38N6S/c1-5-6-9-20-12-17-24(19(2)18-20)32-28(35)30-22-15-13-21(14-16-22)29-27-31-25-11-8-7-10-23(25)26(33-27)34(3)4/h7-8,10-12,17-18,21-22H,5-6,9,13-16H2,1-4H3,(H,29,31,33)(H2,30,32,35)/t21-,22+. The van der Waals surface area contributed by atoms with E-state index >= 15 is 0 Å². The zero-order chi connectivity index (χ0) is 24.8. The molecule has 1 heterocycles. The van der Waals surface area contributed by atoms with Crippen molar-refractivity contribution >= 4 is 45.7 Å². The average Bonchev–Trinajstić information content (AvgIpc) is 2.85. The maximum Gasteiger partial charge on any atom is 0.225 e. The minimum Gasteiger partial charge on any atom is -0.362 e. The number of anilines is 3. The molecule has 6 nitrogen and oxygen atoms in total.